The van der Waals surface area contributed by atoms with E-state index in [4.69, 9.17) is 4.74 Å². The molecule has 22 heavy (non-hydrogen) atoms. The molecule has 1 aliphatic rings. The Bertz CT molecular complexity index is 761. The summed E-state index contributed by atoms with van der Waals surface area (Å²) in [6.07, 6.45) is 6.05. The number of benzene rings is 2. The molecule has 0 aromatic heterocycles. The summed E-state index contributed by atoms with van der Waals surface area (Å²) in [5, 5.41) is 0. The average Bonchev–Trinajstić information content (AvgIpc) is 2.52. The van der Waals surface area contributed by atoms with Crippen LogP contribution < -0.4 is 4.74 Å². The van der Waals surface area contributed by atoms with Crippen LogP contribution in [0.1, 0.15) is 29.5 Å². The fourth-order valence-corrected chi connectivity index (χ4v) is 3.43. The molecule has 0 N–H and O–H groups in total. The molecule has 116 valence electrons. The lowest BCUT2D eigenvalue weighted by Crippen LogP contribution is -2.03. The van der Waals surface area contributed by atoms with E-state index in [2.05, 4.69) is 12.1 Å². The molecule has 0 unspecified atom stereocenters. The minimum absolute atomic E-state index is 0.338. The second kappa shape index (κ2) is 6.13. The van der Waals surface area contributed by atoms with Crippen molar-refractivity contribution in [1.82, 2.24) is 0 Å². The van der Waals surface area contributed by atoms with Gasteiger partial charge in [-0.15, -0.1) is 0 Å². The van der Waals surface area contributed by atoms with Gasteiger partial charge in [0.25, 0.3) is 0 Å². The molecule has 0 fully saturated rings. The molecule has 0 radical (unpaired) electrons. The summed E-state index contributed by atoms with van der Waals surface area (Å²) < 4.78 is 28.7. The summed E-state index contributed by atoms with van der Waals surface area (Å²) in [7, 11) is -3.14. The van der Waals surface area contributed by atoms with Crippen molar-refractivity contribution >= 4 is 9.84 Å². The highest BCUT2D eigenvalue weighted by Crippen LogP contribution is 2.25. The largest absolute Gasteiger partial charge is 0.489 e. The van der Waals surface area contributed by atoms with Gasteiger partial charge in [0.05, 0.1) is 4.90 Å². The smallest absolute Gasteiger partial charge is 0.175 e. The van der Waals surface area contributed by atoms with Crippen molar-refractivity contribution in [2.75, 3.05) is 6.26 Å². The summed E-state index contributed by atoms with van der Waals surface area (Å²) >= 11 is 0. The van der Waals surface area contributed by atoms with Gasteiger partial charge in [-0.2, -0.15) is 0 Å². The maximum Gasteiger partial charge on any atom is 0.175 e. The molecule has 2 aromatic rings. The first-order chi connectivity index (χ1) is 10.5. The molecular weight excluding hydrogens is 296 g/mol. The molecule has 4 heteroatoms. The van der Waals surface area contributed by atoms with E-state index < -0.39 is 9.84 Å². The van der Waals surface area contributed by atoms with Gasteiger partial charge in [0, 0.05) is 6.26 Å². The lowest BCUT2D eigenvalue weighted by Gasteiger charge is -2.16. The number of aryl methyl sites for hydroxylation is 2. The predicted molar refractivity (Wildman–Crippen MR) is 87.0 cm³/mol. The highest BCUT2D eigenvalue weighted by molar-refractivity contribution is 7.90. The van der Waals surface area contributed by atoms with E-state index in [1.807, 2.05) is 6.07 Å². The minimum Gasteiger partial charge on any atom is -0.489 e. The Balaban J connectivity index is 1.67. The maximum atomic E-state index is 11.4. The monoisotopic (exact) mass is 316 g/mol. The van der Waals surface area contributed by atoms with Crippen molar-refractivity contribution in [2.24, 2.45) is 0 Å². The molecule has 0 saturated carbocycles. The molecule has 0 bridgehead atoms. The number of hydrogen-bond donors (Lipinski definition) is 0. The predicted octanol–water partition coefficient (Wildman–Crippen LogP) is 3.55. The number of sulfone groups is 1. The maximum absolute atomic E-state index is 11.4. The first-order valence-electron chi connectivity index (χ1n) is 7.56. The van der Waals surface area contributed by atoms with E-state index in [1.54, 1.807) is 24.3 Å². The topological polar surface area (TPSA) is 43.4 Å². The van der Waals surface area contributed by atoms with Crippen LogP contribution in [-0.2, 0) is 29.3 Å². The summed E-state index contributed by atoms with van der Waals surface area (Å²) in [6, 6.07) is 13.2. The van der Waals surface area contributed by atoms with Crippen LogP contribution in [0.5, 0.6) is 5.75 Å². The fourth-order valence-electron chi connectivity index (χ4n) is 2.80. The van der Waals surface area contributed by atoms with Gasteiger partial charge in [0.15, 0.2) is 9.84 Å². The zero-order valence-electron chi connectivity index (χ0n) is 12.7. The van der Waals surface area contributed by atoms with Gasteiger partial charge in [0.2, 0.25) is 0 Å². The van der Waals surface area contributed by atoms with Crippen LogP contribution >= 0.6 is 0 Å². The van der Waals surface area contributed by atoms with Crippen LogP contribution in [0.4, 0.5) is 0 Å². The Labute approximate surface area is 131 Å². The van der Waals surface area contributed by atoms with E-state index in [9.17, 15) is 8.42 Å². The van der Waals surface area contributed by atoms with Crippen molar-refractivity contribution in [3.8, 4) is 5.75 Å². The van der Waals surface area contributed by atoms with E-state index >= 15 is 0 Å². The van der Waals surface area contributed by atoms with Crippen molar-refractivity contribution in [2.45, 2.75) is 37.2 Å². The molecule has 3 rings (SSSR count). The zero-order valence-corrected chi connectivity index (χ0v) is 13.5. The normalized spacial score (nSPS) is 14.4. The summed E-state index contributed by atoms with van der Waals surface area (Å²) in [5.74, 6) is 0.882. The second-order valence-electron chi connectivity index (χ2n) is 5.84. The van der Waals surface area contributed by atoms with Crippen molar-refractivity contribution in [1.29, 1.82) is 0 Å². The molecule has 1 aliphatic carbocycles. The van der Waals surface area contributed by atoms with Crippen molar-refractivity contribution < 1.29 is 13.2 Å². The molecule has 2 aromatic carbocycles. The van der Waals surface area contributed by atoms with Gasteiger partial charge in [-0.1, -0.05) is 18.2 Å². The minimum atomic E-state index is -3.14. The third-order valence-electron chi connectivity index (χ3n) is 4.08. The Morgan fingerprint density at radius 3 is 2.32 bits per heavy atom. The average molecular weight is 316 g/mol. The van der Waals surface area contributed by atoms with Gasteiger partial charge < -0.3 is 4.74 Å². The molecule has 0 aliphatic heterocycles. The van der Waals surface area contributed by atoms with E-state index in [-0.39, 0.29) is 0 Å². The van der Waals surface area contributed by atoms with E-state index in [0.717, 1.165) is 17.7 Å². The van der Waals surface area contributed by atoms with Crippen molar-refractivity contribution in [3.63, 3.8) is 0 Å². The standard InChI is InChI=1S/C18H20O3S/c1-22(19,20)18-10-6-14(7-11-18)13-21-17-9-8-15-4-2-3-5-16(15)12-17/h6-12H,2-5,13H2,1H3. The number of fused-ring (bicyclic) bond motifs is 1. The van der Waals surface area contributed by atoms with Crippen LogP contribution in [0, 0.1) is 0 Å². The molecule has 0 amide bonds. The lowest BCUT2D eigenvalue weighted by atomic mass is 9.92. The molecule has 0 heterocycles. The quantitative estimate of drug-likeness (QED) is 0.866. The second-order valence-corrected chi connectivity index (χ2v) is 7.86. The number of hydrogen-bond acceptors (Lipinski definition) is 3. The summed E-state index contributed by atoms with van der Waals surface area (Å²) in [5.41, 5.74) is 3.80. The first kappa shape index (κ1) is 15.1. The highest BCUT2D eigenvalue weighted by Gasteiger charge is 2.10. The van der Waals surface area contributed by atoms with Crippen LogP contribution in [0.2, 0.25) is 0 Å². The van der Waals surface area contributed by atoms with Crippen LogP contribution in [0.25, 0.3) is 0 Å². The Morgan fingerprint density at radius 2 is 1.64 bits per heavy atom. The van der Waals surface area contributed by atoms with Gasteiger partial charge in [-0.25, -0.2) is 8.42 Å². The third kappa shape index (κ3) is 3.50. The zero-order chi connectivity index (χ0) is 15.6. The molecule has 0 spiro atoms. The molecule has 0 atom stereocenters. The third-order valence-corrected chi connectivity index (χ3v) is 5.21. The van der Waals surface area contributed by atoms with Gasteiger partial charge in [0.1, 0.15) is 12.4 Å². The molecular formula is C18H20O3S. The van der Waals surface area contributed by atoms with Gasteiger partial charge in [-0.3, -0.25) is 0 Å². The van der Waals surface area contributed by atoms with Crippen molar-refractivity contribution in [3.05, 3.63) is 59.2 Å². The number of ether oxygens (including phenoxy) is 1. The van der Waals surface area contributed by atoms with Gasteiger partial charge >= 0.3 is 0 Å². The molecule has 0 saturated heterocycles. The number of rotatable bonds is 4. The Morgan fingerprint density at radius 1 is 0.955 bits per heavy atom. The Hall–Kier alpha value is -1.81. The van der Waals surface area contributed by atoms with Crippen LogP contribution in [0.15, 0.2) is 47.4 Å². The summed E-state index contributed by atoms with van der Waals surface area (Å²) in [4.78, 5) is 0.338. The summed E-state index contributed by atoms with van der Waals surface area (Å²) in [6.45, 7) is 0.447. The van der Waals surface area contributed by atoms with E-state index in [1.165, 1.54) is 36.6 Å². The highest BCUT2D eigenvalue weighted by atomic mass is 32.2. The SMILES string of the molecule is CS(=O)(=O)c1ccc(COc2ccc3c(c2)CCCC3)cc1. The lowest BCUT2D eigenvalue weighted by molar-refractivity contribution is 0.305. The fraction of sp³-hybridized carbons (Fsp3) is 0.333. The van der Waals surface area contributed by atoms with Gasteiger partial charge in [-0.05, 0) is 66.6 Å². The van der Waals surface area contributed by atoms with E-state index in [0.29, 0.717) is 11.5 Å². The van der Waals surface area contributed by atoms with Crippen LogP contribution in [-0.4, -0.2) is 14.7 Å². The Kier molecular flexibility index (Phi) is 4.21. The molecule has 3 nitrogen and oxygen atoms in total. The first-order valence-corrected chi connectivity index (χ1v) is 9.45. The van der Waals surface area contributed by atoms with Crippen LogP contribution in [0.3, 0.4) is 0 Å².